The Kier molecular flexibility index (Phi) is 4.20. The van der Waals surface area contributed by atoms with Crippen LogP contribution in [0.25, 0.3) is 10.9 Å². The van der Waals surface area contributed by atoms with Gasteiger partial charge in [0.05, 0.1) is 10.0 Å². The van der Waals surface area contributed by atoms with Crippen molar-refractivity contribution in [2.45, 2.75) is 13.0 Å². The number of hydrogen-bond donors (Lipinski definition) is 2. The number of aromatic carboxylic acids is 1. The first kappa shape index (κ1) is 15.7. The lowest BCUT2D eigenvalue weighted by Crippen LogP contribution is -2.03. The highest BCUT2D eigenvalue weighted by Crippen LogP contribution is 2.41. The van der Waals surface area contributed by atoms with Crippen LogP contribution in [0.15, 0.2) is 42.5 Å². The van der Waals surface area contributed by atoms with Crippen LogP contribution in [0.1, 0.15) is 29.1 Å². The third kappa shape index (κ3) is 3.00. The van der Waals surface area contributed by atoms with Gasteiger partial charge in [-0.25, -0.2) is 4.79 Å². The largest absolute Gasteiger partial charge is 0.483 e. The molecule has 1 aromatic heterocycles. The minimum Gasteiger partial charge on any atom is -0.483 e. The number of aromatic amines is 1. The van der Waals surface area contributed by atoms with E-state index in [0.29, 0.717) is 26.7 Å². The van der Waals surface area contributed by atoms with Gasteiger partial charge in [0.15, 0.2) is 5.75 Å². The molecule has 3 rings (SSSR count). The summed E-state index contributed by atoms with van der Waals surface area (Å²) in [7, 11) is 0. The number of hydrogen-bond acceptors (Lipinski definition) is 2. The molecule has 0 bridgehead atoms. The molecule has 3 aromatic rings. The van der Waals surface area contributed by atoms with Gasteiger partial charge < -0.3 is 14.8 Å². The van der Waals surface area contributed by atoms with E-state index in [1.54, 1.807) is 6.07 Å². The van der Waals surface area contributed by atoms with E-state index in [9.17, 15) is 4.79 Å². The number of carbonyl (C=O) groups is 1. The van der Waals surface area contributed by atoms with E-state index < -0.39 is 5.97 Å². The monoisotopic (exact) mass is 349 g/mol. The summed E-state index contributed by atoms with van der Waals surface area (Å²) in [6.07, 6.45) is -0.249. The predicted octanol–water partition coefficient (Wildman–Crippen LogP) is 5.31. The average molecular weight is 350 g/mol. The molecule has 0 aliphatic heterocycles. The first-order chi connectivity index (χ1) is 11.0. The lowest BCUT2D eigenvalue weighted by molar-refractivity contribution is 0.0691. The first-order valence-electron chi connectivity index (χ1n) is 6.93. The van der Waals surface area contributed by atoms with Gasteiger partial charge >= 0.3 is 5.97 Å². The van der Waals surface area contributed by atoms with Gasteiger partial charge in [0.2, 0.25) is 0 Å². The number of fused-ring (bicyclic) bond motifs is 1. The average Bonchev–Trinajstić information content (AvgIpc) is 2.96. The molecule has 1 unspecified atom stereocenters. The summed E-state index contributed by atoms with van der Waals surface area (Å²) in [5.41, 5.74) is 1.59. The number of benzene rings is 2. The molecule has 0 saturated heterocycles. The van der Waals surface area contributed by atoms with E-state index in [1.165, 1.54) is 6.07 Å². The van der Waals surface area contributed by atoms with Crippen LogP contribution in [-0.2, 0) is 0 Å². The first-order valence-corrected chi connectivity index (χ1v) is 7.68. The van der Waals surface area contributed by atoms with Crippen molar-refractivity contribution >= 4 is 40.1 Å². The quantitative estimate of drug-likeness (QED) is 0.670. The van der Waals surface area contributed by atoms with Gasteiger partial charge in [0.25, 0.3) is 0 Å². The van der Waals surface area contributed by atoms with E-state index >= 15 is 0 Å². The van der Waals surface area contributed by atoms with Crippen LogP contribution >= 0.6 is 23.2 Å². The normalized spacial score (nSPS) is 12.3. The molecule has 2 aromatic carbocycles. The van der Waals surface area contributed by atoms with Gasteiger partial charge in [-0.2, -0.15) is 0 Å². The molecule has 0 radical (unpaired) electrons. The Balaban J connectivity index is 2.02. The van der Waals surface area contributed by atoms with Gasteiger partial charge in [0, 0.05) is 10.9 Å². The Morgan fingerprint density at radius 1 is 1.22 bits per heavy atom. The summed E-state index contributed by atoms with van der Waals surface area (Å²) >= 11 is 12.6. The summed E-state index contributed by atoms with van der Waals surface area (Å²) in [5.74, 6) is -0.721. The number of halogens is 2. The van der Waals surface area contributed by atoms with Crippen LogP contribution < -0.4 is 4.74 Å². The van der Waals surface area contributed by atoms with E-state index in [0.717, 1.165) is 5.56 Å². The summed E-state index contributed by atoms with van der Waals surface area (Å²) in [6, 6.07) is 12.8. The van der Waals surface area contributed by atoms with Crippen molar-refractivity contribution in [2.24, 2.45) is 0 Å². The SMILES string of the molecule is CC(Oc1c(Cl)cc2[nH]c(C(=O)O)cc2c1Cl)c1ccccc1. The zero-order chi connectivity index (χ0) is 16.6. The Morgan fingerprint density at radius 2 is 1.91 bits per heavy atom. The number of aromatic nitrogens is 1. The molecule has 2 N–H and O–H groups in total. The van der Waals surface area contributed by atoms with Crippen LogP contribution in [0.2, 0.25) is 10.0 Å². The van der Waals surface area contributed by atoms with Crippen molar-refractivity contribution in [3.8, 4) is 5.75 Å². The molecule has 118 valence electrons. The van der Waals surface area contributed by atoms with Gasteiger partial charge in [-0.1, -0.05) is 53.5 Å². The third-order valence-electron chi connectivity index (χ3n) is 3.57. The van der Waals surface area contributed by atoms with Crippen molar-refractivity contribution < 1.29 is 14.6 Å². The van der Waals surface area contributed by atoms with Crippen LogP contribution in [0, 0.1) is 0 Å². The minimum atomic E-state index is -1.06. The number of carboxylic acids is 1. The van der Waals surface area contributed by atoms with E-state index in [1.807, 2.05) is 37.3 Å². The second-order valence-electron chi connectivity index (χ2n) is 5.12. The topological polar surface area (TPSA) is 62.3 Å². The molecule has 0 spiro atoms. The number of ether oxygens (including phenoxy) is 1. The van der Waals surface area contributed by atoms with Crippen LogP contribution in [0.5, 0.6) is 5.75 Å². The molecule has 0 amide bonds. The number of carboxylic acid groups (broad SMARTS) is 1. The van der Waals surface area contributed by atoms with E-state index in [-0.39, 0.29) is 11.8 Å². The van der Waals surface area contributed by atoms with Crippen molar-refractivity contribution in [1.82, 2.24) is 4.98 Å². The molecule has 4 nitrogen and oxygen atoms in total. The maximum atomic E-state index is 11.1. The summed E-state index contributed by atoms with van der Waals surface area (Å²) in [4.78, 5) is 13.8. The highest BCUT2D eigenvalue weighted by Gasteiger charge is 2.19. The van der Waals surface area contributed by atoms with Crippen LogP contribution in [0.4, 0.5) is 0 Å². The lowest BCUT2D eigenvalue weighted by atomic mass is 10.1. The Hall–Kier alpha value is -2.17. The molecular formula is C17H13Cl2NO3. The molecule has 0 saturated carbocycles. The number of rotatable bonds is 4. The van der Waals surface area contributed by atoms with E-state index in [2.05, 4.69) is 4.98 Å². The number of H-pyrrole nitrogens is 1. The van der Waals surface area contributed by atoms with Crippen molar-refractivity contribution in [3.63, 3.8) is 0 Å². The van der Waals surface area contributed by atoms with Crippen molar-refractivity contribution in [3.05, 3.63) is 63.8 Å². The van der Waals surface area contributed by atoms with Gasteiger partial charge in [-0.05, 0) is 24.6 Å². The molecule has 0 aliphatic carbocycles. The molecular weight excluding hydrogens is 337 g/mol. The zero-order valence-electron chi connectivity index (χ0n) is 12.1. The fraction of sp³-hybridized carbons (Fsp3) is 0.118. The summed E-state index contributed by atoms with van der Waals surface area (Å²) in [6.45, 7) is 1.89. The smallest absolute Gasteiger partial charge is 0.352 e. The van der Waals surface area contributed by atoms with Gasteiger partial charge in [0.1, 0.15) is 11.8 Å². The molecule has 0 aliphatic rings. The Bertz CT molecular complexity index is 874. The number of nitrogens with one attached hydrogen (secondary N) is 1. The molecule has 1 heterocycles. The zero-order valence-corrected chi connectivity index (χ0v) is 13.7. The fourth-order valence-electron chi connectivity index (χ4n) is 2.38. The molecule has 1 atom stereocenters. The Labute approximate surface area is 142 Å². The van der Waals surface area contributed by atoms with Crippen molar-refractivity contribution in [1.29, 1.82) is 0 Å². The summed E-state index contributed by atoms with van der Waals surface area (Å²) in [5, 5.41) is 10.2. The molecule has 23 heavy (non-hydrogen) atoms. The highest BCUT2D eigenvalue weighted by atomic mass is 35.5. The van der Waals surface area contributed by atoms with E-state index in [4.69, 9.17) is 33.0 Å². The fourth-order valence-corrected chi connectivity index (χ4v) is 2.98. The van der Waals surface area contributed by atoms with Crippen LogP contribution in [0.3, 0.4) is 0 Å². The standard InChI is InChI=1S/C17H13Cl2NO3/c1-9(10-5-3-2-4-6-10)23-16-12(18)8-13-11(15(16)19)7-14(20-13)17(21)22/h2-9,20H,1H3,(H,21,22). The van der Waals surface area contributed by atoms with Gasteiger partial charge in [-0.15, -0.1) is 0 Å². The van der Waals surface area contributed by atoms with Crippen LogP contribution in [-0.4, -0.2) is 16.1 Å². The highest BCUT2D eigenvalue weighted by molar-refractivity contribution is 6.41. The molecule has 6 heteroatoms. The minimum absolute atomic E-state index is 0.0474. The lowest BCUT2D eigenvalue weighted by Gasteiger charge is -2.17. The second-order valence-corrected chi connectivity index (χ2v) is 5.91. The van der Waals surface area contributed by atoms with Gasteiger partial charge in [-0.3, -0.25) is 0 Å². The predicted molar refractivity (Wildman–Crippen MR) is 90.8 cm³/mol. The van der Waals surface area contributed by atoms with Crippen molar-refractivity contribution in [2.75, 3.05) is 0 Å². The summed E-state index contributed by atoms with van der Waals surface area (Å²) < 4.78 is 5.91. The second kappa shape index (κ2) is 6.14. The molecule has 0 fully saturated rings. The maximum Gasteiger partial charge on any atom is 0.352 e. The maximum absolute atomic E-state index is 11.1. The Morgan fingerprint density at radius 3 is 2.57 bits per heavy atom. The third-order valence-corrected chi connectivity index (χ3v) is 4.22.